The predicted molar refractivity (Wildman–Crippen MR) is 72.2 cm³/mol. The van der Waals surface area contributed by atoms with E-state index < -0.39 is 0 Å². The predicted octanol–water partition coefficient (Wildman–Crippen LogP) is 4.56. The fourth-order valence-corrected chi connectivity index (χ4v) is 2.13. The number of hydrogen-bond acceptors (Lipinski definition) is 1. The Bertz CT molecular complexity index is 662. The highest BCUT2D eigenvalue weighted by Gasteiger charge is 2.03. The molecule has 82 valence electrons. The molecule has 1 heterocycles. The molecule has 0 saturated heterocycles. The third-order valence-electron chi connectivity index (χ3n) is 2.78. The fourth-order valence-electron chi connectivity index (χ4n) is 1.90. The van der Waals surface area contributed by atoms with Gasteiger partial charge in [0.1, 0.15) is 0 Å². The molecule has 0 amide bonds. The van der Waals surface area contributed by atoms with E-state index in [0.29, 0.717) is 0 Å². The van der Waals surface area contributed by atoms with Gasteiger partial charge in [0.05, 0.1) is 5.69 Å². The number of benzene rings is 2. The van der Waals surface area contributed by atoms with Crippen LogP contribution in [0, 0.1) is 0 Å². The van der Waals surface area contributed by atoms with Gasteiger partial charge in [0, 0.05) is 27.6 Å². The maximum atomic E-state index is 6.19. The zero-order valence-corrected chi connectivity index (χ0v) is 9.85. The smallest absolute Gasteiger partial charge is 0.0708 e. The first-order chi connectivity index (χ1) is 8.34. The summed E-state index contributed by atoms with van der Waals surface area (Å²) in [6.07, 6.45) is 1.86. The summed E-state index contributed by atoms with van der Waals surface area (Å²) in [5.41, 5.74) is 2.06. The summed E-state index contributed by atoms with van der Waals surface area (Å²) in [6, 6.07) is 18.0. The lowest BCUT2D eigenvalue weighted by Crippen LogP contribution is -1.84. The molecule has 3 aromatic rings. The number of pyridine rings is 1. The topological polar surface area (TPSA) is 12.9 Å². The summed E-state index contributed by atoms with van der Waals surface area (Å²) in [5.74, 6) is 0. The Hall–Kier alpha value is -1.86. The molecule has 0 aliphatic carbocycles. The van der Waals surface area contributed by atoms with Crippen LogP contribution < -0.4 is 0 Å². The summed E-state index contributed by atoms with van der Waals surface area (Å²) < 4.78 is 0. The average molecular weight is 240 g/mol. The standard InChI is InChI=1S/C15H10ClN/c16-14-8-4-7-12-10-17-15(9-13(12)14)11-5-2-1-3-6-11/h1-10H. The second kappa shape index (κ2) is 4.19. The summed E-state index contributed by atoms with van der Waals surface area (Å²) in [7, 11) is 0. The number of nitrogens with zero attached hydrogens (tertiary/aromatic N) is 1. The molecule has 1 nitrogen and oxygen atoms in total. The molecule has 0 N–H and O–H groups in total. The van der Waals surface area contributed by atoms with E-state index >= 15 is 0 Å². The second-order valence-electron chi connectivity index (χ2n) is 3.90. The van der Waals surface area contributed by atoms with Gasteiger partial charge in [-0.1, -0.05) is 54.1 Å². The number of aromatic nitrogens is 1. The van der Waals surface area contributed by atoms with Gasteiger partial charge < -0.3 is 0 Å². The van der Waals surface area contributed by atoms with Crippen molar-refractivity contribution in [2.75, 3.05) is 0 Å². The molecule has 0 unspecified atom stereocenters. The molecule has 0 bridgehead atoms. The van der Waals surface area contributed by atoms with Gasteiger partial charge in [-0.25, -0.2) is 0 Å². The molecule has 0 atom stereocenters. The van der Waals surface area contributed by atoms with Crippen LogP contribution in [0.25, 0.3) is 22.0 Å². The molecule has 0 fully saturated rings. The number of hydrogen-bond donors (Lipinski definition) is 0. The Balaban J connectivity index is 2.23. The number of rotatable bonds is 1. The van der Waals surface area contributed by atoms with Gasteiger partial charge >= 0.3 is 0 Å². The third kappa shape index (κ3) is 1.90. The van der Waals surface area contributed by atoms with Crippen molar-refractivity contribution in [1.82, 2.24) is 4.98 Å². The third-order valence-corrected chi connectivity index (χ3v) is 3.11. The minimum atomic E-state index is 0.766. The first-order valence-corrected chi connectivity index (χ1v) is 5.82. The molecular formula is C15H10ClN. The molecule has 0 aliphatic heterocycles. The minimum absolute atomic E-state index is 0.766. The Morgan fingerprint density at radius 2 is 1.71 bits per heavy atom. The highest BCUT2D eigenvalue weighted by Crippen LogP contribution is 2.26. The number of fused-ring (bicyclic) bond motifs is 1. The van der Waals surface area contributed by atoms with Crippen molar-refractivity contribution < 1.29 is 0 Å². The molecule has 2 aromatic carbocycles. The van der Waals surface area contributed by atoms with Crippen molar-refractivity contribution in [3.05, 3.63) is 65.8 Å². The van der Waals surface area contributed by atoms with Crippen molar-refractivity contribution >= 4 is 22.4 Å². The van der Waals surface area contributed by atoms with E-state index in [-0.39, 0.29) is 0 Å². The van der Waals surface area contributed by atoms with Crippen molar-refractivity contribution in [3.63, 3.8) is 0 Å². The second-order valence-corrected chi connectivity index (χ2v) is 4.30. The van der Waals surface area contributed by atoms with Crippen LogP contribution >= 0.6 is 11.6 Å². The van der Waals surface area contributed by atoms with Gasteiger partial charge in [-0.15, -0.1) is 0 Å². The highest BCUT2D eigenvalue weighted by molar-refractivity contribution is 6.35. The lowest BCUT2D eigenvalue weighted by atomic mass is 10.1. The summed E-state index contributed by atoms with van der Waals surface area (Å²) in [4.78, 5) is 4.46. The fraction of sp³-hybridized carbons (Fsp3) is 0. The zero-order chi connectivity index (χ0) is 11.7. The molecule has 3 rings (SSSR count). The molecule has 0 spiro atoms. The first kappa shape index (κ1) is 10.3. The van der Waals surface area contributed by atoms with Crippen molar-refractivity contribution in [1.29, 1.82) is 0 Å². The van der Waals surface area contributed by atoms with Crippen LogP contribution in [0.15, 0.2) is 60.8 Å². The van der Waals surface area contributed by atoms with Crippen LogP contribution in [0.3, 0.4) is 0 Å². The Morgan fingerprint density at radius 3 is 2.53 bits per heavy atom. The van der Waals surface area contributed by atoms with Gasteiger partial charge in [-0.05, 0) is 12.1 Å². The van der Waals surface area contributed by atoms with Crippen LogP contribution in [0.5, 0.6) is 0 Å². The molecule has 1 aromatic heterocycles. The van der Waals surface area contributed by atoms with E-state index in [1.807, 2.05) is 60.8 Å². The highest BCUT2D eigenvalue weighted by atomic mass is 35.5. The first-order valence-electron chi connectivity index (χ1n) is 5.44. The van der Waals surface area contributed by atoms with Crippen LogP contribution in [0.2, 0.25) is 5.02 Å². The van der Waals surface area contributed by atoms with E-state index in [0.717, 1.165) is 27.1 Å². The maximum Gasteiger partial charge on any atom is 0.0708 e. The quantitative estimate of drug-likeness (QED) is 0.607. The average Bonchev–Trinajstić information content (AvgIpc) is 2.40. The molecule has 2 heteroatoms. The molecule has 0 aliphatic rings. The molecular weight excluding hydrogens is 230 g/mol. The summed E-state index contributed by atoms with van der Waals surface area (Å²) in [6.45, 7) is 0. The van der Waals surface area contributed by atoms with E-state index in [4.69, 9.17) is 11.6 Å². The molecule has 0 saturated carbocycles. The van der Waals surface area contributed by atoms with Crippen LogP contribution in [-0.2, 0) is 0 Å². The largest absolute Gasteiger partial charge is 0.256 e. The van der Waals surface area contributed by atoms with Crippen LogP contribution in [0.1, 0.15) is 0 Å². The van der Waals surface area contributed by atoms with Gasteiger partial charge in [0.25, 0.3) is 0 Å². The van der Waals surface area contributed by atoms with Crippen LogP contribution in [-0.4, -0.2) is 4.98 Å². The van der Waals surface area contributed by atoms with Crippen LogP contribution in [0.4, 0.5) is 0 Å². The Labute approximate surface area is 105 Å². The zero-order valence-electron chi connectivity index (χ0n) is 9.10. The van der Waals surface area contributed by atoms with Gasteiger partial charge in [0.2, 0.25) is 0 Å². The van der Waals surface area contributed by atoms with Crippen molar-refractivity contribution in [2.24, 2.45) is 0 Å². The maximum absolute atomic E-state index is 6.19. The Kier molecular flexibility index (Phi) is 2.54. The molecule has 17 heavy (non-hydrogen) atoms. The van der Waals surface area contributed by atoms with Crippen molar-refractivity contribution in [3.8, 4) is 11.3 Å². The van der Waals surface area contributed by atoms with E-state index in [2.05, 4.69) is 4.98 Å². The lowest BCUT2D eigenvalue weighted by Gasteiger charge is -2.04. The van der Waals surface area contributed by atoms with Crippen molar-refractivity contribution in [2.45, 2.75) is 0 Å². The SMILES string of the molecule is Clc1cccc2cnc(-c3ccccc3)cc12. The minimum Gasteiger partial charge on any atom is -0.256 e. The van der Waals surface area contributed by atoms with Gasteiger partial charge in [-0.2, -0.15) is 0 Å². The summed E-state index contributed by atoms with van der Waals surface area (Å²) in [5, 5.41) is 2.88. The van der Waals surface area contributed by atoms with E-state index in [1.54, 1.807) is 0 Å². The normalized spacial score (nSPS) is 10.6. The Morgan fingerprint density at radius 1 is 0.882 bits per heavy atom. The van der Waals surface area contributed by atoms with E-state index in [1.165, 1.54) is 0 Å². The van der Waals surface area contributed by atoms with E-state index in [9.17, 15) is 0 Å². The van der Waals surface area contributed by atoms with Gasteiger partial charge in [-0.3, -0.25) is 4.98 Å². The lowest BCUT2D eigenvalue weighted by molar-refractivity contribution is 1.36. The number of halogens is 1. The molecule has 0 radical (unpaired) electrons. The monoisotopic (exact) mass is 239 g/mol. The van der Waals surface area contributed by atoms with Gasteiger partial charge in [0.15, 0.2) is 0 Å². The summed E-state index contributed by atoms with van der Waals surface area (Å²) >= 11 is 6.19.